The van der Waals surface area contributed by atoms with E-state index < -0.39 is 0 Å². The van der Waals surface area contributed by atoms with Gasteiger partial charge in [-0.3, -0.25) is 4.79 Å². The van der Waals surface area contributed by atoms with E-state index in [2.05, 4.69) is 22.8 Å². The van der Waals surface area contributed by atoms with E-state index in [0.29, 0.717) is 9.23 Å². The third kappa shape index (κ3) is 2.01. The van der Waals surface area contributed by atoms with Gasteiger partial charge in [0.25, 0.3) is 5.91 Å². The summed E-state index contributed by atoms with van der Waals surface area (Å²) < 4.78 is 1.73. The summed E-state index contributed by atoms with van der Waals surface area (Å²) in [6.07, 6.45) is 1.90. The molecule has 5 heteroatoms. The highest BCUT2D eigenvalue weighted by Gasteiger charge is 2.22. The molecule has 0 unspecified atom stereocenters. The molecule has 84 valence electrons. The van der Waals surface area contributed by atoms with Crippen molar-refractivity contribution in [1.82, 2.24) is 5.32 Å². The zero-order chi connectivity index (χ0) is 11.8. The average molecular weight is 277 g/mol. The summed E-state index contributed by atoms with van der Waals surface area (Å²) in [4.78, 5) is 12.2. The van der Waals surface area contributed by atoms with Crippen molar-refractivity contribution in [3.63, 3.8) is 0 Å². The lowest BCUT2D eigenvalue weighted by molar-refractivity contribution is -0.115. The highest BCUT2D eigenvalue weighted by atomic mass is 32.2. The molecule has 0 radical (unpaired) electrons. The van der Waals surface area contributed by atoms with E-state index in [9.17, 15) is 4.79 Å². The molecule has 1 saturated heterocycles. The van der Waals surface area contributed by atoms with Crippen molar-refractivity contribution in [3.8, 4) is 0 Å². The predicted molar refractivity (Wildman–Crippen MR) is 78.1 cm³/mol. The molecule has 1 aliphatic rings. The van der Waals surface area contributed by atoms with E-state index in [1.165, 1.54) is 21.8 Å². The van der Waals surface area contributed by atoms with Gasteiger partial charge in [0.05, 0.1) is 4.91 Å². The molecular formula is C12H7NOS3. The number of thiocarbonyl (C=S) groups is 1. The normalized spacial score (nSPS) is 18.0. The average Bonchev–Trinajstić information content (AvgIpc) is 2.87. The Hall–Kier alpha value is -1.17. The summed E-state index contributed by atoms with van der Waals surface area (Å²) in [5.74, 6) is -0.103. The Labute approximate surface area is 112 Å². The van der Waals surface area contributed by atoms with Gasteiger partial charge in [-0.15, -0.1) is 11.3 Å². The number of hydrogen-bond acceptors (Lipinski definition) is 4. The fourth-order valence-electron chi connectivity index (χ4n) is 1.69. The molecule has 3 rings (SSSR count). The Bertz CT molecular complexity index is 657. The van der Waals surface area contributed by atoms with Crippen molar-refractivity contribution in [3.05, 3.63) is 40.1 Å². The van der Waals surface area contributed by atoms with Crippen LogP contribution >= 0.6 is 35.3 Å². The van der Waals surface area contributed by atoms with Crippen molar-refractivity contribution >= 4 is 61.7 Å². The third-order valence-corrected chi connectivity index (χ3v) is 4.58. The van der Waals surface area contributed by atoms with Crippen LogP contribution in [-0.4, -0.2) is 10.2 Å². The molecule has 2 nitrogen and oxygen atoms in total. The standard InChI is InChI=1S/C12H7NOS3/c14-11-9(17-12(15)13-11)6-8-3-1-2-7-4-5-16-10(7)8/h1-6H,(H,13,14,15)/b9-6-. The molecule has 0 atom stereocenters. The number of nitrogens with one attached hydrogen (secondary N) is 1. The summed E-state index contributed by atoms with van der Waals surface area (Å²) in [5.41, 5.74) is 1.07. The molecule has 1 aromatic carbocycles. The van der Waals surface area contributed by atoms with Crippen LogP contribution in [0, 0.1) is 0 Å². The van der Waals surface area contributed by atoms with Gasteiger partial charge in [0.1, 0.15) is 4.32 Å². The Kier molecular flexibility index (Phi) is 2.74. The second-order valence-electron chi connectivity index (χ2n) is 3.54. The van der Waals surface area contributed by atoms with Crippen molar-refractivity contribution in [2.45, 2.75) is 0 Å². The molecule has 1 aromatic heterocycles. The van der Waals surface area contributed by atoms with E-state index in [1.54, 1.807) is 11.3 Å². The van der Waals surface area contributed by atoms with E-state index in [-0.39, 0.29) is 5.91 Å². The molecule has 0 bridgehead atoms. The zero-order valence-electron chi connectivity index (χ0n) is 8.60. The molecule has 1 fully saturated rings. The fourth-order valence-corrected chi connectivity index (χ4v) is 3.61. The van der Waals surface area contributed by atoms with Gasteiger partial charge in [-0.25, -0.2) is 0 Å². The summed E-state index contributed by atoms with van der Waals surface area (Å²) in [7, 11) is 0. The van der Waals surface area contributed by atoms with Gasteiger partial charge in [0.2, 0.25) is 0 Å². The largest absolute Gasteiger partial charge is 0.307 e. The number of thiophene rings is 1. The monoisotopic (exact) mass is 277 g/mol. The van der Waals surface area contributed by atoms with Gasteiger partial charge in [0.15, 0.2) is 0 Å². The third-order valence-electron chi connectivity index (χ3n) is 2.44. The first-order valence-electron chi connectivity index (χ1n) is 4.95. The van der Waals surface area contributed by atoms with Crippen LogP contribution in [0.15, 0.2) is 34.6 Å². The van der Waals surface area contributed by atoms with Crippen molar-refractivity contribution in [2.24, 2.45) is 0 Å². The van der Waals surface area contributed by atoms with Crippen molar-refractivity contribution in [1.29, 1.82) is 0 Å². The fraction of sp³-hybridized carbons (Fsp3) is 0. The summed E-state index contributed by atoms with van der Waals surface area (Å²) in [5, 5.41) is 5.88. The van der Waals surface area contributed by atoms with Crippen LogP contribution < -0.4 is 5.32 Å². The van der Waals surface area contributed by atoms with E-state index in [0.717, 1.165) is 5.56 Å². The number of fused-ring (bicyclic) bond motifs is 1. The minimum atomic E-state index is -0.103. The summed E-state index contributed by atoms with van der Waals surface area (Å²) >= 11 is 7.96. The van der Waals surface area contributed by atoms with Gasteiger partial charge in [-0.1, -0.05) is 42.2 Å². The smallest absolute Gasteiger partial charge is 0.263 e. The highest BCUT2D eigenvalue weighted by molar-refractivity contribution is 8.26. The van der Waals surface area contributed by atoms with Crippen LogP contribution in [0.3, 0.4) is 0 Å². The first-order valence-corrected chi connectivity index (χ1v) is 7.05. The van der Waals surface area contributed by atoms with Crippen LogP contribution in [0.4, 0.5) is 0 Å². The maximum atomic E-state index is 11.6. The van der Waals surface area contributed by atoms with Gasteiger partial charge in [-0.05, 0) is 28.5 Å². The van der Waals surface area contributed by atoms with Crippen LogP contribution in [0.2, 0.25) is 0 Å². The van der Waals surface area contributed by atoms with Crippen molar-refractivity contribution < 1.29 is 4.79 Å². The number of thioether (sulfide) groups is 1. The number of carbonyl (C=O) groups is 1. The molecule has 1 amide bonds. The molecule has 2 aromatic rings. The van der Waals surface area contributed by atoms with E-state index in [1.807, 2.05) is 18.2 Å². The maximum Gasteiger partial charge on any atom is 0.263 e. The molecule has 1 aliphatic heterocycles. The molecule has 0 aliphatic carbocycles. The maximum absolute atomic E-state index is 11.6. The number of amides is 1. The first kappa shape index (κ1) is 11.0. The Morgan fingerprint density at radius 3 is 2.94 bits per heavy atom. The highest BCUT2D eigenvalue weighted by Crippen LogP contribution is 2.30. The van der Waals surface area contributed by atoms with Gasteiger partial charge < -0.3 is 5.32 Å². The molecule has 0 saturated carbocycles. The van der Waals surface area contributed by atoms with E-state index >= 15 is 0 Å². The Balaban J connectivity index is 2.11. The molecule has 1 N–H and O–H groups in total. The molecule has 0 spiro atoms. The van der Waals surface area contributed by atoms with Crippen LogP contribution in [-0.2, 0) is 4.79 Å². The molecular weight excluding hydrogens is 270 g/mol. The Morgan fingerprint density at radius 1 is 1.29 bits per heavy atom. The quantitative estimate of drug-likeness (QED) is 0.640. The van der Waals surface area contributed by atoms with E-state index in [4.69, 9.17) is 12.2 Å². The lowest BCUT2D eigenvalue weighted by atomic mass is 10.1. The van der Waals surface area contributed by atoms with Crippen LogP contribution in [0.5, 0.6) is 0 Å². The topological polar surface area (TPSA) is 29.1 Å². The lowest BCUT2D eigenvalue weighted by Crippen LogP contribution is -2.17. The van der Waals surface area contributed by atoms with Crippen LogP contribution in [0.1, 0.15) is 5.56 Å². The number of benzene rings is 1. The van der Waals surface area contributed by atoms with Crippen molar-refractivity contribution in [2.75, 3.05) is 0 Å². The second-order valence-corrected chi connectivity index (χ2v) is 6.17. The van der Waals surface area contributed by atoms with Crippen LogP contribution in [0.25, 0.3) is 16.2 Å². The SMILES string of the molecule is O=C1NC(=S)S/C1=C\c1cccc2ccsc12. The second kappa shape index (κ2) is 4.25. The summed E-state index contributed by atoms with van der Waals surface area (Å²) in [6, 6.07) is 8.16. The number of rotatable bonds is 1. The number of carbonyl (C=O) groups excluding carboxylic acids is 1. The van der Waals surface area contributed by atoms with Gasteiger partial charge >= 0.3 is 0 Å². The minimum Gasteiger partial charge on any atom is -0.307 e. The predicted octanol–water partition coefficient (Wildman–Crippen LogP) is 3.39. The lowest BCUT2D eigenvalue weighted by Gasteiger charge is -1.97. The minimum absolute atomic E-state index is 0.103. The zero-order valence-corrected chi connectivity index (χ0v) is 11.0. The first-order chi connectivity index (χ1) is 8.24. The van der Waals surface area contributed by atoms with Gasteiger partial charge in [0, 0.05) is 4.70 Å². The molecule has 2 heterocycles. The van der Waals surface area contributed by atoms with Gasteiger partial charge in [-0.2, -0.15) is 0 Å². The molecule has 17 heavy (non-hydrogen) atoms. The summed E-state index contributed by atoms with van der Waals surface area (Å²) in [6.45, 7) is 0. The number of hydrogen-bond donors (Lipinski definition) is 1. The Morgan fingerprint density at radius 2 is 2.18 bits per heavy atom.